The summed E-state index contributed by atoms with van der Waals surface area (Å²) in [5, 5.41) is 34.6. The van der Waals surface area contributed by atoms with Gasteiger partial charge in [-0.25, -0.2) is 0 Å². The predicted molar refractivity (Wildman–Crippen MR) is 144 cm³/mol. The smallest absolute Gasteiger partial charge is 0.255 e. The van der Waals surface area contributed by atoms with E-state index in [9.17, 15) is 20.3 Å². The van der Waals surface area contributed by atoms with Gasteiger partial charge in [-0.2, -0.15) is 5.26 Å². The molecule has 2 saturated carbocycles. The molecule has 0 radical (unpaired) electrons. The van der Waals surface area contributed by atoms with Crippen molar-refractivity contribution in [1.29, 1.82) is 5.26 Å². The second-order valence-corrected chi connectivity index (χ2v) is 12.8. The fourth-order valence-corrected chi connectivity index (χ4v) is 9.05. The largest absolute Gasteiger partial charge is 0.388 e. The number of aromatic amines is 1. The van der Waals surface area contributed by atoms with Crippen LogP contribution in [0.3, 0.4) is 0 Å². The van der Waals surface area contributed by atoms with Crippen LogP contribution in [0.4, 0.5) is 0 Å². The summed E-state index contributed by atoms with van der Waals surface area (Å²) in [5.41, 5.74) is 0.708. The number of hydrogen-bond acceptors (Lipinski definition) is 6. The van der Waals surface area contributed by atoms with Crippen LogP contribution in [0.15, 0.2) is 53.0 Å². The third kappa shape index (κ3) is 2.79. The maximum Gasteiger partial charge on any atom is 0.255 e. The quantitative estimate of drug-likeness (QED) is 0.530. The molecular weight excluding hydrogens is 478 g/mol. The molecule has 7 nitrogen and oxygen atoms in total. The number of fused-ring (bicyclic) bond motifs is 2. The van der Waals surface area contributed by atoms with E-state index in [1.807, 2.05) is 37.2 Å². The first-order valence-corrected chi connectivity index (χ1v) is 13.8. The van der Waals surface area contributed by atoms with Gasteiger partial charge in [0.15, 0.2) is 0 Å². The van der Waals surface area contributed by atoms with E-state index in [2.05, 4.69) is 36.2 Å². The van der Waals surface area contributed by atoms with Crippen molar-refractivity contribution < 1.29 is 14.9 Å². The first kappa shape index (κ1) is 24.3. The second kappa shape index (κ2) is 7.67. The number of nitriles is 1. The molecule has 0 amide bonds. The molecule has 2 bridgehead atoms. The number of nitrogens with zero attached hydrogens (tertiary/aromatic N) is 2. The molecule has 2 spiro atoms. The van der Waals surface area contributed by atoms with Crippen LogP contribution in [0.25, 0.3) is 16.3 Å². The molecule has 1 aromatic heterocycles. The van der Waals surface area contributed by atoms with Crippen LogP contribution in [-0.2, 0) is 4.74 Å². The molecule has 7 rings (SSSR count). The minimum absolute atomic E-state index is 0.0841. The highest BCUT2D eigenvalue weighted by molar-refractivity contribution is 5.87. The van der Waals surface area contributed by atoms with Gasteiger partial charge in [0, 0.05) is 23.5 Å². The van der Waals surface area contributed by atoms with E-state index in [0.717, 1.165) is 36.6 Å². The summed E-state index contributed by atoms with van der Waals surface area (Å²) >= 11 is 0. The van der Waals surface area contributed by atoms with Crippen LogP contribution < -0.4 is 5.56 Å². The summed E-state index contributed by atoms with van der Waals surface area (Å²) < 4.78 is 7.26. The molecule has 2 aliphatic heterocycles. The number of rotatable bonds is 2. The molecule has 2 unspecified atom stereocenters. The van der Waals surface area contributed by atoms with Crippen molar-refractivity contribution in [2.45, 2.75) is 74.9 Å². The number of allylic oxidation sites excluding steroid dienone is 2. The van der Waals surface area contributed by atoms with Gasteiger partial charge >= 0.3 is 0 Å². The van der Waals surface area contributed by atoms with Gasteiger partial charge in [0.25, 0.3) is 5.56 Å². The fraction of sp³-hybridized carbons (Fsp3) is 0.548. The van der Waals surface area contributed by atoms with E-state index in [1.165, 1.54) is 5.57 Å². The van der Waals surface area contributed by atoms with Gasteiger partial charge in [-0.05, 0) is 98.3 Å². The molecule has 3 fully saturated rings. The Morgan fingerprint density at radius 3 is 2.74 bits per heavy atom. The van der Waals surface area contributed by atoms with Crippen molar-refractivity contribution in [2.75, 3.05) is 14.1 Å². The molecule has 1 saturated heterocycles. The fourth-order valence-electron chi connectivity index (χ4n) is 9.05. The van der Waals surface area contributed by atoms with Gasteiger partial charge in [0.1, 0.15) is 11.5 Å². The first-order valence-electron chi connectivity index (χ1n) is 13.8. The molecule has 2 aromatic rings. The molecule has 8 atom stereocenters. The van der Waals surface area contributed by atoms with Gasteiger partial charge in [0.05, 0.1) is 23.4 Å². The molecule has 3 aliphatic carbocycles. The van der Waals surface area contributed by atoms with E-state index in [1.54, 1.807) is 6.20 Å². The van der Waals surface area contributed by atoms with Crippen molar-refractivity contribution in [1.82, 2.24) is 9.88 Å². The van der Waals surface area contributed by atoms with E-state index >= 15 is 0 Å². The van der Waals surface area contributed by atoms with Crippen molar-refractivity contribution in [3.8, 4) is 6.07 Å². The molecule has 38 heavy (non-hydrogen) atoms. The maximum absolute atomic E-state index is 12.3. The summed E-state index contributed by atoms with van der Waals surface area (Å²) in [6.07, 6.45) is 8.50. The van der Waals surface area contributed by atoms with E-state index in [-0.39, 0.29) is 22.9 Å². The predicted octanol–water partition coefficient (Wildman–Crippen LogP) is 3.53. The lowest BCUT2D eigenvalue weighted by atomic mass is 9.49. The number of aromatic nitrogens is 1. The highest BCUT2D eigenvalue weighted by Gasteiger charge is 2.74. The van der Waals surface area contributed by atoms with Crippen LogP contribution in [0.2, 0.25) is 0 Å². The topological polar surface area (TPSA) is 110 Å². The number of aliphatic hydroxyl groups is 2. The Hall–Kier alpha value is -2.76. The van der Waals surface area contributed by atoms with E-state index < -0.39 is 28.8 Å². The highest BCUT2D eigenvalue weighted by atomic mass is 16.5. The summed E-state index contributed by atoms with van der Waals surface area (Å²) in [4.78, 5) is 17.0. The zero-order valence-corrected chi connectivity index (χ0v) is 22.2. The Morgan fingerprint density at radius 1 is 1.16 bits per heavy atom. The van der Waals surface area contributed by atoms with Crippen molar-refractivity contribution >= 4 is 16.3 Å². The first-order chi connectivity index (χ1) is 18.1. The summed E-state index contributed by atoms with van der Waals surface area (Å²) in [6.45, 7) is 2.32. The van der Waals surface area contributed by atoms with Gasteiger partial charge in [-0.15, -0.1) is 0 Å². The SMILES string of the molecule is CN(C)[C@H]1C[C@@]23CC[C@]4(O2)C2CC=C(c5ccc6c(=O)[nH]ccc6c5)[C@@]2(C)CCC4(C#N)C=C3[C@@H](O)[C@@H]1O. The van der Waals surface area contributed by atoms with Gasteiger partial charge in [-0.3, -0.25) is 4.79 Å². The lowest BCUT2D eigenvalue weighted by Crippen LogP contribution is -2.66. The van der Waals surface area contributed by atoms with E-state index in [0.29, 0.717) is 23.8 Å². The van der Waals surface area contributed by atoms with Crippen molar-refractivity contribution in [2.24, 2.45) is 16.7 Å². The zero-order valence-electron chi connectivity index (χ0n) is 22.2. The summed E-state index contributed by atoms with van der Waals surface area (Å²) in [6, 6.07) is 10.5. The lowest BCUT2D eigenvalue weighted by Gasteiger charge is -2.61. The number of hydrogen-bond donors (Lipinski definition) is 3. The molecule has 1 aromatic carbocycles. The van der Waals surface area contributed by atoms with Gasteiger partial charge < -0.3 is 24.8 Å². The van der Waals surface area contributed by atoms with Crippen LogP contribution in [0, 0.1) is 28.1 Å². The van der Waals surface area contributed by atoms with Gasteiger partial charge in [-0.1, -0.05) is 25.1 Å². The Morgan fingerprint density at radius 2 is 1.97 bits per heavy atom. The number of aliphatic hydroxyl groups excluding tert-OH is 2. The van der Waals surface area contributed by atoms with Crippen LogP contribution in [0.1, 0.15) is 51.0 Å². The summed E-state index contributed by atoms with van der Waals surface area (Å²) in [5.74, 6) is 0.118. The standard InChI is InChI=1S/C31H35N3O4/c1-28-9-10-29(17-32)15-22-25(35)26(36)23(34(2)3)16-30(22)11-12-31(29,38-30)24(28)7-6-21(28)19-4-5-20-18(14-19)8-13-33-27(20)37/h4-6,8,13-15,23-26,35-36H,7,9-12,16H2,1-3H3,(H,33,37)/t23-,24?,25+,26+,28+,29?,30+,31-/m0/s1. The number of pyridine rings is 1. The molecule has 7 heteroatoms. The van der Waals surface area contributed by atoms with E-state index in [4.69, 9.17) is 4.74 Å². The maximum atomic E-state index is 12.3. The number of nitrogens with one attached hydrogen (secondary N) is 1. The van der Waals surface area contributed by atoms with Crippen LogP contribution >= 0.6 is 0 Å². The second-order valence-electron chi connectivity index (χ2n) is 12.8. The highest BCUT2D eigenvalue weighted by Crippen LogP contribution is 2.72. The van der Waals surface area contributed by atoms with Gasteiger partial charge in [0.2, 0.25) is 0 Å². The Kier molecular flexibility index (Phi) is 4.90. The minimum Gasteiger partial charge on any atom is -0.388 e. The molecule has 198 valence electrons. The Balaban J connectivity index is 1.33. The van der Waals surface area contributed by atoms with Crippen LogP contribution in [-0.4, -0.2) is 63.6 Å². The average molecular weight is 514 g/mol. The average Bonchev–Trinajstić information content (AvgIpc) is 3.43. The molecule has 3 N–H and O–H groups in total. The zero-order chi connectivity index (χ0) is 26.7. The summed E-state index contributed by atoms with van der Waals surface area (Å²) in [7, 11) is 3.86. The molecular formula is C31H35N3O4. The Bertz CT molecular complexity index is 1520. The number of H-pyrrole nitrogens is 1. The molecule has 3 heterocycles. The minimum atomic E-state index is -1.04. The third-order valence-corrected chi connectivity index (χ3v) is 11.0. The van der Waals surface area contributed by atoms with Crippen molar-refractivity contribution in [3.63, 3.8) is 0 Å². The monoisotopic (exact) mass is 513 g/mol. The number of ether oxygens (including phenoxy) is 1. The van der Waals surface area contributed by atoms with Crippen LogP contribution in [0.5, 0.6) is 0 Å². The van der Waals surface area contributed by atoms with Crippen molar-refractivity contribution in [3.05, 3.63) is 64.1 Å². The normalized spacial score (nSPS) is 43.2. The third-order valence-electron chi connectivity index (χ3n) is 11.0. The number of likely N-dealkylation sites (N-methyl/N-ethyl adjacent to an activating group) is 1. The Labute approximate surface area is 222 Å². The molecule has 5 aliphatic rings. The number of benzene rings is 1. The lowest BCUT2D eigenvalue weighted by molar-refractivity contribution is -0.223.